The molecule has 0 aliphatic heterocycles. The molecular formula is C11H19N3S. The van der Waals surface area contributed by atoms with E-state index in [0.717, 1.165) is 17.3 Å². The Hall–Kier alpha value is -0.770. The number of hydrogen-bond donors (Lipinski definition) is 1. The van der Waals surface area contributed by atoms with Crippen molar-refractivity contribution in [2.75, 3.05) is 11.6 Å². The molecule has 1 aromatic heterocycles. The van der Waals surface area contributed by atoms with Crippen molar-refractivity contribution in [2.45, 2.75) is 38.3 Å². The third-order valence-corrected chi connectivity index (χ3v) is 3.07. The number of thioether (sulfide) groups is 1. The fourth-order valence-electron chi connectivity index (χ4n) is 1.46. The Morgan fingerprint density at radius 3 is 2.67 bits per heavy atom. The maximum absolute atomic E-state index is 4.22. The van der Waals surface area contributed by atoms with Gasteiger partial charge in [-0.05, 0) is 18.6 Å². The van der Waals surface area contributed by atoms with Crippen molar-refractivity contribution in [3.63, 3.8) is 0 Å². The van der Waals surface area contributed by atoms with Crippen LogP contribution in [-0.4, -0.2) is 22.3 Å². The van der Waals surface area contributed by atoms with E-state index in [9.17, 15) is 0 Å². The van der Waals surface area contributed by atoms with Gasteiger partial charge in [-0.1, -0.05) is 20.8 Å². The van der Waals surface area contributed by atoms with Gasteiger partial charge in [0.15, 0.2) is 0 Å². The van der Waals surface area contributed by atoms with Gasteiger partial charge in [0.1, 0.15) is 17.2 Å². The molecule has 0 saturated heterocycles. The Morgan fingerprint density at radius 1 is 1.40 bits per heavy atom. The standard InChI is InChI=1S/C11H19N3S/c1-5-9(8(2)3)14-10-6-11(15-4)13-7-12-10/h6-9H,5H2,1-4H3,(H,12,13,14). The number of hydrogen-bond acceptors (Lipinski definition) is 4. The minimum absolute atomic E-state index is 0.481. The van der Waals surface area contributed by atoms with E-state index in [1.165, 1.54) is 0 Å². The summed E-state index contributed by atoms with van der Waals surface area (Å²) in [7, 11) is 0. The van der Waals surface area contributed by atoms with E-state index in [-0.39, 0.29) is 0 Å². The van der Waals surface area contributed by atoms with Crippen LogP contribution in [0.25, 0.3) is 0 Å². The van der Waals surface area contributed by atoms with Crippen LogP contribution in [0.5, 0.6) is 0 Å². The molecule has 0 amide bonds. The van der Waals surface area contributed by atoms with Crippen molar-refractivity contribution in [3.05, 3.63) is 12.4 Å². The lowest BCUT2D eigenvalue weighted by atomic mass is 10.0. The van der Waals surface area contributed by atoms with Crippen LogP contribution in [0.4, 0.5) is 5.82 Å². The zero-order valence-corrected chi connectivity index (χ0v) is 10.6. The highest BCUT2D eigenvalue weighted by atomic mass is 32.2. The number of aromatic nitrogens is 2. The smallest absolute Gasteiger partial charge is 0.130 e. The lowest BCUT2D eigenvalue weighted by Crippen LogP contribution is -2.25. The average Bonchev–Trinajstić information content (AvgIpc) is 2.25. The normalized spacial score (nSPS) is 12.9. The van der Waals surface area contributed by atoms with Gasteiger partial charge in [0.2, 0.25) is 0 Å². The Bertz CT molecular complexity index is 302. The molecular weight excluding hydrogens is 206 g/mol. The van der Waals surface area contributed by atoms with E-state index in [1.807, 2.05) is 12.3 Å². The second kappa shape index (κ2) is 5.95. The molecule has 0 bridgehead atoms. The predicted octanol–water partition coefficient (Wildman–Crippen LogP) is 3.05. The van der Waals surface area contributed by atoms with Crippen LogP contribution in [0.2, 0.25) is 0 Å². The van der Waals surface area contributed by atoms with Crippen molar-refractivity contribution < 1.29 is 0 Å². The SMILES string of the molecule is CCC(Nc1cc(SC)ncn1)C(C)C. The number of nitrogens with one attached hydrogen (secondary N) is 1. The topological polar surface area (TPSA) is 37.8 Å². The lowest BCUT2D eigenvalue weighted by Gasteiger charge is -2.21. The Kier molecular flexibility index (Phi) is 4.88. The van der Waals surface area contributed by atoms with E-state index in [0.29, 0.717) is 12.0 Å². The van der Waals surface area contributed by atoms with Crippen LogP contribution < -0.4 is 5.32 Å². The van der Waals surface area contributed by atoms with Crippen molar-refractivity contribution in [3.8, 4) is 0 Å². The van der Waals surface area contributed by atoms with Crippen molar-refractivity contribution >= 4 is 17.6 Å². The number of nitrogens with zero attached hydrogens (tertiary/aromatic N) is 2. The molecule has 1 atom stereocenters. The first-order valence-corrected chi connectivity index (χ1v) is 6.52. The Balaban J connectivity index is 2.70. The van der Waals surface area contributed by atoms with Crippen molar-refractivity contribution in [1.82, 2.24) is 9.97 Å². The second-order valence-electron chi connectivity index (χ2n) is 3.85. The Labute approximate surface area is 96.1 Å². The molecule has 0 radical (unpaired) electrons. The monoisotopic (exact) mass is 225 g/mol. The van der Waals surface area contributed by atoms with Crippen LogP contribution in [-0.2, 0) is 0 Å². The van der Waals surface area contributed by atoms with Crippen molar-refractivity contribution in [2.24, 2.45) is 5.92 Å². The third kappa shape index (κ3) is 3.70. The van der Waals surface area contributed by atoms with Gasteiger partial charge in [-0.15, -0.1) is 11.8 Å². The summed E-state index contributed by atoms with van der Waals surface area (Å²) < 4.78 is 0. The van der Waals surface area contributed by atoms with Gasteiger partial charge in [-0.3, -0.25) is 0 Å². The summed E-state index contributed by atoms with van der Waals surface area (Å²) in [5.74, 6) is 1.54. The minimum Gasteiger partial charge on any atom is -0.367 e. The van der Waals surface area contributed by atoms with E-state index < -0.39 is 0 Å². The lowest BCUT2D eigenvalue weighted by molar-refractivity contribution is 0.509. The van der Waals surface area contributed by atoms with E-state index >= 15 is 0 Å². The molecule has 0 fully saturated rings. The highest BCUT2D eigenvalue weighted by molar-refractivity contribution is 7.98. The van der Waals surface area contributed by atoms with Crippen LogP contribution in [0.1, 0.15) is 27.2 Å². The molecule has 4 heteroatoms. The third-order valence-electron chi connectivity index (χ3n) is 2.43. The molecule has 84 valence electrons. The molecule has 0 aromatic carbocycles. The Morgan fingerprint density at radius 2 is 2.13 bits per heavy atom. The predicted molar refractivity (Wildman–Crippen MR) is 66.4 cm³/mol. The van der Waals surface area contributed by atoms with Gasteiger partial charge in [0.25, 0.3) is 0 Å². The molecule has 1 aromatic rings. The van der Waals surface area contributed by atoms with Gasteiger partial charge in [0.05, 0.1) is 0 Å². The molecule has 3 nitrogen and oxygen atoms in total. The summed E-state index contributed by atoms with van der Waals surface area (Å²) in [6, 6.07) is 2.48. The fraction of sp³-hybridized carbons (Fsp3) is 0.636. The summed E-state index contributed by atoms with van der Waals surface area (Å²) in [5, 5.41) is 4.44. The van der Waals surface area contributed by atoms with E-state index in [4.69, 9.17) is 0 Å². The molecule has 0 spiro atoms. The largest absolute Gasteiger partial charge is 0.367 e. The van der Waals surface area contributed by atoms with Crippen molar-refractivity contribution in [1.29, 1.82) is 0 Å². The van der Waals surface area contributed by atoms with Crippen LogP contribution in [0.15, 0.2) is 17.4 Å². The first-order valence-electron chi connectivity index (χ1n) is 5.30. The highest BCUT2D eigenvalue weighted by Crippen LogP contribution is 2.17. The summed E-state index contributed by atoms with van der Waals surface area (Å²) >= 11 is 1.63. The van der Waals surface area contributed by atoms with Gasteiger partial charge < -0.3 is 5.32 Å². The number of rotatable bonds is 5. The van der Waals surface area contributed by atoms with E-state index in [2.05, 4.69) is 36.1 Å². The molecule has 1 rings (SSSR count). The quantitative estimate of drug-likeness (QED) is 0.617. The molecule has 1 heterocycles. The molecule has 0 aliphatic carbocycles. The minimum atomic E-state index is 0.481. The molecule has 0 aliphatic rings. The van der Waals surface area contributed by atoms with Gasteiger partial charge in [0, 0.05) is 12.1 Å². The zero-order valence-electron chi connectivity index (χ0n) is 9.82. The molecule has 0 saturated carbocycles. The average molecular weight is 225 g/mol. The maximum Gasteiger partial charge on any atom is 0.130 e. The van der Waals surface area contributed by atoms with Crippen LogP contribution >= 0.6 is 11.8 Å². The van der Waals surface area contributed by atoms with Crippen LogP contribution in [0.3, 0.4) is 0 Å². The van der Waals surface area contributed by atoms with Crippen LogP contribution in [0, 0.1) is 5.92 Å². The first kappa shape index (κ1) is 12.3. The van der Waals surface area contributed by atoms with Gasteiger partial charge in [-0.25, -0.2) is 9.97 Å². The summed E-state index contributed by atoms with van der Waals surface area (Å²) in [6.45, 7) is 6.63. The maximum atomic E-state index is 4.22. The summed E-state index contributed by atoms with van der Waals surface area (Å²) in [6.07, 6.45) is 4.74. The summed E-state index contributed by atoms with van der Waals surface area (Å²) in [5.41, 5.74) is 0. The summed E-state index contributed by atoms with van der Waals surface area (Å²) in [4.78, 5) is 8.37. The molecule has 1 unspecified atom stereocenters. The number of anilines is 1. The zero-order chi connectivity index (χ0) is 11.3. The van der Waals surface area contributed by atoms with Gasteiger partial charge >= 0.3 is 0 Å². The molecule has 1 N–H and O–H groups in total. The van der Waals surface area contributed by atoms with Gasteiger partial charge in [-0.2, -0.15) is 0 Å². The second-order valence-corrected chi connectivity index (χ2v) is 4.68. The molecule has 15 heavy (non-hydrogen) atoms. The first-order chi connectivity index (χ1) is 7.17. The fourth-order valence-corrected chi connectivity index (χ4v) is 1.84. The van der Waals surface area contributed by atoms with E-state index in [1.54, 1.807) is 18.1 Å². The highest BCUT2D eigenvalue weighted by Gasteiger charge is 2.11.